The van der Waals surface area contributed by atoms with Gasteiger partial charge in [0.1, 0.15) is 0 Å². The van der Waals surface area contributed by atoms with E-state index in [0.29, 0.717) is 13.0 Å². The van der Waals surface area contributed by atoms with E-state index in [0.717, 1.165) is 25.0 Å². The fraction of sp³-hybridized carbons (Fsp3) is 0.619. The topological polar surface area (TPSA) is 60.2 Å². The number of ether oxygens (including phenoxy) is 1. The Balaban J connectivity index is 1.63. The maximum Gasteiger partial charge on any atom is 0.246 e. The lowest BCUT2D eigenvalue weighted by Gasteiger charge is -2.28. The van der Waals surface area contributed by atoms with Crippen molar-refractivity contribution in [3.8, 4) is 0 Å². The van der Waals surface area contributed by atoms with Gasteiger partial charge in [0.15, 0.2) is 0 Å². The van der Waals surface area contributed by atoms with Crippen molar-refractivity contribution in [1.82, 2.24) is 15.0 Å². The molecule has 1 aromatic carbocycles. The molecule has 0 aliphatic carbocycles. The minimum absolute atomic E-state index is 0.0103. The lowest BCUT2D eigenvalue weighted by molar-refractivity contribution is 0.0247. The number of benzene rings is 1. The zero-order valence-electron chi connectivity index (χ0n) is 17.4. The number of rotatable bonds is 9. The van der Waals surface area contributed by atoms with E-state index in [1.165, 1.54) is 9.13 Å². The van der Waals surface area contributed by atoms with Crippen LogP contribution in [-0.2, 0) is 24.1 Å². The summed E-state index contributed by atoms with van der Waals surface area (Å²) < 4.78 is 24.7. The monoisotopic (exact) mass is 531 g/mol. The van der Waals surface area contributed by atoms with Gasteiger partial charge < -0.3 is 14.0 Å². The van der Waals surface area contributed by atoms with Crippen LogP contribution in [0.3, 0.4) is 0 Å². The molecule has 0 amide bonds. The molecular weight excluding hydrogens is 500 g/mol. The number of aromatic nitrogens is 3. The minimum Gasteiger partial charge on any atom is -0.396 e. The van der Waals surface area contributed by atoms with E-state index in [1.807, 2.05) is 6.20 Å². The molecule has 1 fully saturated rings. The van der Waals surface area contributed by atoms with E-state index in [1.54, 1.807) is 17.8 Å². The molecule has 5 nitrogen and oxygen atoms in total. The van der Waals surface area contributed by atoms with Crippen molar-refractivity contribution in [2.75, 3.05) is 6.61 Å². The molecule has 0 bridgehead atoms. The number of halogens is 2. The zero-order valence-corrected chi connectivity index (χ0v) is 20.5. The fourth-order valence-electron chi connectivity index (χ4n) is 4.59. The summed E-state index contributed by atoms with van der Waals surface area (Å²) in [6, 6.07) is 8.54. The predicted molar refractivity (Wildman–Crippen MR) is 123 cm³/mol. The predicted octanol–water partition coefficient (Wildman–Crippen LogP) is 4.39. The van der Waals surface area contributed by atoms with Gasteiger partial charge in [-0.3, -0.25) is 4.68 Å². The van der Waals surface area contributed by atoms with Gasteiger partial charge in [0.05, 0.1) is 17.9 Å². The molecule has 0 unspecified atom stereocenters. The van der Waals surface area contributed by atoms with Gasteiger partial charge in [0.2, 0.25) is 8.41 Å². The van der Waals surface area contributed by atoms with Gasteiger partial charge in [-0.2, -0.15) is 0 Å². The third-order valence-corrected chi connectivity index (χ3v) is 9.05. The summed E-state index contributed by atoms with van der Waals surface area (Å²) in [5, 5.41) is 17.2. The van der Waals surface area contributed by atoms with E-state index in [-0.39, 0.29) is 30.3 Å². The second kappa shape index (κ2) is 9.98. The molecule has 3 rings (SSSR count). The van der Waals surface area contributed by atoms with Crippen LogP contribution < -0.4 is 0 Å². The molecule has 29 heavy (non-hydrogen) atoms. The Morgan fingerprint density at radius 3 is 2.72 bits per heavy atom. The van der Waals surface area contributed by atoms with Crippen molar-refractivity contribution in [3.63, 3.8) is 0 Å². The standard InChI is InChI=1S/C21H31FIN3O2Si/c1-15-19(8-7-16-5-4-6-17(23)13-16)28-20(21(15)29(2,3)22)9-11-26-14-18(10-12-27)24-25-26/h4-6,13-15,19-21,27H,7-12H2,1-3H3/t15-,19+,20-,21+/m0/s1. The van der Waals surface area contributed by atoms with Crippen LogP contribution in [0.2, 0.25) is 18.6 Å². The van der Waals surface area contributed by atoms with E-state index < -0.39 is 8.41 Å². The Bertz CT molecular complexity index is 798. The second-order valence-corrected chi connectivity index (χ2v) is 13.6. The average Bonchev–Trinajstić information content (AvgIpc) is 3.22. The smallest absolute Gasteiger partial charge is 0.246 e. The van der Waals surface area contributed by atoms with Crippen molar-refractivity contribution in [2.24, 2.45) is 5.92 Å². The number of hydrogen-bond donors (Lipinski definition) is 1. The summed E-state index contributed by atoms with van der Waals surface area (Å²) in [6.07, 6.45) is 4.97. The van der Waals surface area contributed by atoms with Crippen molar-refractivity contribution >= 4 is 31.0 Å². The Morgan fingerprint density at radius 1 is 1.24 bits per heavy atom. The van der Waals surface area contributed by atoms with Gasteiger partial charge in [-0.1, -0.05) is 24.3 Å². The van der Waals surface area contributed by atoms with Crippen LogP contribution in [0.15, 0.2) is 30.5 Å². The molecule has 4 atom stereocenters. The zero-order chi connectivity index (χ0) is 21.0. The largest absolute Gasteiger partial charge is 0.396 e. The Kier molecular flexibility index (Phi) is 7.85. The summed E-state index contributed by atoms with van der Waals surface area (Å²) in [5.74, 6) is 0.218. The van der Waals surface area contributed by atoms with E-state index in [2.05, 4.69) is 64.1 Å². The molecule has 0 spiro atoms. The molecule has 1 aliphatic heterocycles. The van der Waals surface area contributed by atoms with Crippen molar-refractivity contribution in [2.45, 2.75) is 70.0 Å². The van der Waals surface area contributed by atoms with Crippen LogP contribution in [0, 0.1) is 9.49 Å². The molecule has 8 heteroatoms. The third-order valence-electron chi connectivity index (χ3n) is 5.90. The van der Waals surface area contributed by atoms with E-state index >= 15 is 4.11 Å². The molecule has 2 aromatic rings. The van der Waals surface area contributed by atoms with Crippen LogP contribution in [-0.4, -0.2) is 47.3 Å². The molecule has 1 aliphatic rings. The Labute approximate surface area is 187 Å². The van der Waals surface area contributed by atoms with Crippen LogP contribution in [0.1, 0.15) is 31.0 Å². The quantitative estimate of drug-likeness (QED) is 0.296. The molecule has 0 radical (unpaired) electrons. The summed E-state index contributed by atoms with van der Waals surface area (Å²) in [4.78, 5) is 0. The van der Waals surface area contributed by atoms with Gasteiger partial charge in [-0.15, -0.1) is 5.10 Å². The molecule has 1 N–H and O–H groups in total. The maximum atomic E-state index is 15.2. The second-order valence-electron chi connectivity index (χ2n) is 8.57. The first-order valence-electron chi connectivity index (χ1n) is 10.4. The van der Waals surface area contributed by atoms with Crippen molar-refractivity contribution in [1.29, 1.82) is 0 Å². The first kappa shape index (κ1) is 22.8. The number of hydrogen-bond acceptors (Lipinski definition) is 4. The number of nitrogens with zero attached hydrogens (tertiary/aromatic N) is 3. The van der Waals surface area contributed by atoms with Crippen LogP contribution in [0.5, 0.6) is 0 Å². The third kappa shape index (κ3) is 6.08. The summed E-state index contributed by atoms with van der Waals surface area (Å²) in [6.45, 7) is 6.49. The Morgan fingerprint density at radius 2 is 2.03 bits per heavy atom. The molecule has 2 heterocycles. The number of aliphatic hydroxyl groups is 1. The highest BCUT2D eigenvalue weighted by Crippen LogP contribution is 2.46. The maximum absolute atomic E-state index is 15.2. The van der Waals surface area contributed by atoms with Crippen LogP contribution >= 0.6 is 22.6 Å². The Hall–Kier alpha value is -0.843. The molecular formula is C21H31FIN3O2Si. The van der Waals surface area contributed by atoms with Gasteiger partial charge >= 0.3 is 0 Å². The molecule has 1 saturated heterocycles. The lowest BCUT2D eigenvalue weighted by Crippen LogP contribution is -2.36. The van der Waals surface area contributed by atoms with Gasteiger partial charge in [0.25, 0.3) is 0 Å². The van der Waals surface area contributed by atoms with Gasteiger partial charge in [0, 0.05) is 34.9 Å². The average molecular weight is 531 g/mol. The van der Waals surface area contributed by atoms with Crippen LogP contribution in [0.4, 0.5) is 4.11 Å². The van der Waals surface area contributed by atoms with Gasteiger partial charge in [-0.25, -0.2) is 0 Å². The first-order chi connectivity index (χ1) is 13.8. The molecule has 0 saturated carbocycles. The van der Waals surface area contributed by atoms with Crippen LogP contribution in [0.25, 0.3) is 0 Å². The highest BCUT2D eigenvalue weighted by atomic mass is 127. The highest BCUT2D eigenvalue weighted by molar-refractivity contribution is 14.1. The summed E-state index contributed by atoms with van der Waals surface area (Å²) >= 11 is 2.34. The fourth-order valence-corrected chi connectivity index (χ4v) is 7.79. The van der Waals surface area contributed by atoms with E-state index in [4.69, 9.17) is 9.84 Å². The lowest BCUT2D eigenvalue weighted by atomic mass is 9.95. The SMILES string of the molecule is C[C@@H]1[C@@H]([Si](C)(C)F)[C@H](CCn2cc(CCO)nn2)O[C@@H]1CCc1cccc(I)c1. The van der Waals surface area contributed by atoms with E-state index in [9.17, 15) is 0 Å². The number of aryl methyl sites for hydroxylation is 2. The molecule has 160 valence electrons. The number of aliphatic hydroxyl groups excluding tert-OH is 1. The summed E-state index contributed by atoms with van der Waals surface area (Å²) in [5.41, 5.74) is 2.08. The normalized spacial score (nSPS) is 24.9. The summed E-state index contributed by atoms with van der Waals surface area (Å²) in [7, 11) is -2.86. The van der Waals surface area contributed by atoms with Crippen molar-refractivity contribution < 1.29 is 14.0 Å². The highest BCUT2D eigenvalue weighted by Gasteiger charge is 2.50. The first-order valence-corrected chi connectivity index (χ1v) is 14.4. The minimum atomic E-state index is -2.86. The van der Waals surface area contributed by atoms with Gasteiger partial charge in [-0.05, 0) is 78.6 Å². The molecule has 1 aromatic heterocycles. The van der Waals surface area contributed by atoms with Crippen molar-refractivity contribution in [3.05, 3.63) is 45.3 Å².